The smallest absolute Gasteiger partial charge is 0.326 e. The summed E-state index contributed by atoms with van der Waals surface area (Å²) in [6, 6.07) is 1.46. The Morgan fingerprint density at radius 3 is 2.35 bits per heavy atom. The summed E-state index contributed by atoms with van der Waals surface area (Å²) >= 11 is 0.818. The number of aliphatic carboxylic acids is 2. The topological polar surface area (TPSA) is 173 Å². The van der Waals surface area contributed by atoms with Gasteiger partial charge in [0, 0.05) is 11.8 Å². The minimum Gasteiger partial charge on any atom is -0.481 e. The van der Waals surface area contributed by atoms with Gasteiger partial charge in [-0.25, -0.2) is 4.79 Å². The number of benzene rings is 1. The molecule has 1 aromatic rings. The van der Waals surface area contributed by atoms with Crippen LogP contribution in [-0.4, -0.2) is 49.5 Å². The molecule has 12 heteroatoms. The molecular weight excluding hydrogens is 334 g/mol. The predicted molar refractivity (Wildman–Crippen MR) is 79.8 cm³/mol. The van der Waals surface area contributed by atoms with Crippen molar-refractivity contribution in [1.29, 1.82) is 0 Å². The summed E-state index contributed by atoms with van der Waals surface area (Å²) < 4.78 is 0. The lowest BCUT2D eigenvalue weighted by atomic mass is 10.2. The first-order valence-electron chi connectivity index (χ1n) is 5.94. The molecule has 23 heavy (non-hydrogen) atoms. The molecule has 0 saturated heterocycles. The zero-order valence-electron chi connectivity index (χ0n) is 11.4. The molecule has 0 bridgehead atoms. The number of hydrogen-bond acceptors (Lipinski definition) is 8. The van der Waals surface area contributed by atoms with E-state index in [0.717, 1.165) is 23.9 Å². The summed E-state index contributed by atoms with van der Waals surface area (Å²) in [5.74, 6) is -2.94. The highest BCUT2D eigenvalue weighted by atomic mass is 32.2. The maximum atomic E-state index is 11.1. The molecule has 1 unspecified atom stereocenters. The van der Waals surface area contributed by atoms with E-state index in [-0.39, 0.29) is 17.2 Å². The summed E-state index contributed by atoms with van der Waals surface area (Å²) in [6.45, 7) is 0. The van der Waals surface area contributed by atoms with E-state index in [1.54, 1.807) is 0 Å². The van der Waals surface area contributed by atoms with Crippen LogP contribution in [-0.2, 0) is 9.59 Å². The van der Waals surface area contributed by atoms with Crippen molar-refractivity contribution in [3.8, 4) is 0 Å². The third-order valence-corrected chi connectivity index (χ3v) is 3.55. The van der Waals surface area contributed by atoms with Gasteiger partial charge in [-0.05, 0) is 6.07 Å². The standard InChI is InChI=1S/C11H11N3O8S/c15-10(16)5-23-4-8(11(17)18)12-7-2-1-6(13(19)20)3-9(7)14(21)22/h1-3,8,12H,4-5H2,(H,15,16)(H,17,18). The van der Waals surface area contributed by atoms with Crippen LogP contribution in [0.15, 0.2) is 18.2 Å². The Morgan fingerprint density at radius 1 is 1.22 bits per heavy atom. The van der Waals surface area contributed by atoms with E-state index in [1.807, 2.05) is 0 Å². The molecule has 0 spiro atoms. The highest BCUT2D eigenvalue weighted by Crippen LogP contribution is 2.29. The number of carboxylic acids is 2. The van der Waals surface area contributed by atoms with Crippen LogP contribution < -0.4 is 5.32 Å². The lowest BCUT2D eigenvalue weighted by Crippen LogP contribution is -2.32. The number of nitrogens with zero attached hydrogens (tertiary/aromatic N) is 2. The summed E-state index contributed by atoms with van der Waals surface area (Å²) in [4.78, 5) is 41.5. The molecule has 3 N–H and O–H groups in total. The van der Waals surface area contributed by atoms with Gasteiger partial charge >= 0.3 is 11.9 Å². The maximum absolute atomic E-state index is 11.1. The van der Waals surface area contributed by atoms with E-state index in [0.29, 0.717) is 6.07 Å². The van der Waals surface area contributed by atoms with Gasteiger partial charge in [0.25, 0.3) is 11.4 Å². The fraction of sp³-hybridized carbons (Fsp3) is 0.273. The van der Waals surface area contributed by atoms with Crippen LogP contribution in [0.2, 0.25) is 0 Å². The zero-order chi connectivity index (χ0) is 17.6. The number of rotatable bonds is 9. The number of hydrogen-bond donors (Lipinski definition) is 3. The Labute approximate surface area is 132 Å². The van der Waals surface area contributed by atoms with Gasteiger partial charge in [-0.15, -0.1) is 11.8 Å². The number of nitro benzene ring substituents is 2. The normalized spacial score (nSPS) is 11.5. The Kier molecular flexibility index (Phi) is 6.26. The van der Waals surface area contributed by atoms with Crippen LogP contribution in [0, 0.1) is 20.2 Å². The van der Waals surface area contributed by atoms with E-state index in [1.165, 1.54) is 0 Å². The summed E-state index contributed by atoms with van der Waals surface area (Å²) in [5, 5.41) is 41.6. The molecule has 11 nitrogen and oxygen atoms in total. The third-order valence-electron chi connectivity index (χ3n) is 2.53. The Bertz CT molecular complexity index is 650. The zero-order valence-corrected chi connectivity index (χ0v) is 12.2. The van der Waals surface area contributed by atoms with Gasteiger partial charge in [0.15, 0.2) is 0 Å². The van der Waals surface area contributed by atoms with Crippen molar-refractivity contribution in [1.82, 2.24) is 0 Å². The van der Waals surface area contributed by atoms with E-state index < -0.39 is 39.2 Å². The van der Waals surface area contributed by atoms with Crippen LogP contribution >= 0.6 is 11.8 Å². The van der Waals surface area contributed by atoms with Gasteiger partial charge in [-0.3, -0.25) is 25.0 Å². The second-order valence-corrected chi connectivity index (χ2v) is 5.19. The van der Waals surface area contributed by atoms with E-state index in [4.69, 9.17) is 10.2 Å². The second-order valence-electron chi connectivity index (χ2n) is 4.16. The molecule has 1 aromatic carbocycles. The fourth-order valence-corrected chi connectivity index (χ4v) is 2.29. The molecule has 124 valence electrons. The van der Waals surface area contributed by atoms with E-state index >= 15 is 0 Å². The average molecular weight is 345 g/mol. The predicted octanol–water partition coefficient (Wildman–Crippen LogP) is 1.19. The molecule has 0 aromatic heterocycles. The number of anilines is 1. The molecule has 0 radical (unpaired) electrons. The Balaban J connectivity index is 2.98. The molecule has 0 aliphatic carbocycles. The molecule has 1 atom stereocenters. The summed E-state index contributed by atoms with van der Waals surface area (Å²) in [5.41, 5.74) is -1.35. The fourth-order valence-electron chi connectivity index (χ4n) is 1.53. The summed E-state index contributed by atoms with van der Waals surface area (Å²) in [7, 11) is 0. The lowest BCUT2D eigenvalue weighted by molar-refractivity contribution is -0.393. The van der Waals surface area contributed by atoms with E-state index in [2.05, 4.69) is 5.32 Å². The first kappa shape index (κ1) is 18.2. The number of carbonyl (C=O) groups is 2. The average Bonchev–Trinajstić information content (AvgIpc) is 2.45. The van der Waals surface area contributed by atoms with Crippen molar-refractivity contribution in [3.05, 3.63) is 38.4 Å². The van der Waals surface area contributed by atoms with Crippen LogP contribution in [0.3, 0.4) is 0 Å². The Morgan fingerprint density at radius 2 is 1.87 bits per heavy atom. The quantitative estimate of drug-likeness (QED) is 0.435. The van der Waals surface area contributed by atoms with Gasteiger partial charge in [0.1, 0.15) is 11.7 Å². The number of thioether (sulfide) groups is 1. The maximum Gasteiger partial charge on any atom is 0.326 e. The second kappa shape index (κ2) is 7.93. The van der Waals surface area contributed by atoms with Gasteiger partial charge in [0.05, 0.1) is 21.7 Å². The molecule has 0 amide bonds. The SMILES string of the molecule is O=C(O)CSCC(Nc1ccc([N+](=O)[O-])cc1[N+](=O)[O-])C(=O)O. The number of nitrogens with one attached hydrogen (secondary N) is 1. The van der Waals surface area contributed by atoms with Crippen molar-refractivity contribution >= 4 is 40.8 Å². The van der Waals surface area contributed by atoms with Crippen LogP contribution in [0.4, 0.5) is 17.1 Å². The minimum atomic E-state index is -1.34. The van der Waals surface area contributed by atoms with E-state index in [9.17, 15) is 29.8 Å². The van der Waals surface area contributed by atoms with Crippen LogP contribution in [0.1, 0.15) is 0 Å². The third kappa shape index (κ3) is 5.43. The highest BCUT2D eigenvalue weighted by Gasteiger charge is 2.24. The summed E-state index contributed by atoms with van der Waals surface area (Å²) in [6.07, 6.45) is 0. The number of nitro groups is 2. The largest absolute Gasteiger partial charge is 0.481 e. The molecule has 0 fully saturated rings. The number of carboxylic acid groups (broad SMARTS) is 2. The van der Waals surface area contributed by atoms with Gasteiger partial charge in [0.2, 0.25) is 0 Å². The van der Waals surface area contributed by atoms with Gasteiger partial charge < -0.3 is 15.5 Å². The minimum absolute atomic E-state index is 0.157. The first-order chi connectivity index (χ1) is 10.7. The van der Waals surface area contributed by atoms with Crippen LogP contribution in [0.25, 0.3) is 0 Å². The Hall–Kier alpha value is -2.89. The van der Waals surface area contributed by atoms with Crippen molar-refractivity contribution in [2.24, 2.45) is 0 Å². The number of non-ortho nitro benzene ring substituents is 1. The molecule has 0 aliphatic rings. The van der Waals surface area contributed by atoms with Crippen LogP contribution in [0.5, 0.6) is 0 Å². The van der Waals surface area contributed by atoms with Crippen molar-refractivity contribution in [2.45, 2.75) is 6.04 Å². The molecule has 0 aliphatic heterocycles. The highest BCUT2D eigenvalue weighted by molar-refractivity contribution is 8.00. The van der Waals surface area contributed by atoms with Crippen molar-refractivity contribution in [2.75, 3.05) is 16.8 Å². The monoisotopic (exact) mass is 345 g/mol. The molecule has 1 rings (SSSR count). The van der Waals surface area contributed by atoms with Gasteiger partial charge in [-0.2, -0.15) is 0 Å². The van der Waals surface area contributed by atoms with Gasteiger partial charge in [-0.1, -0.05) is 0 Å². The molecular formula is C11H11N3O8S. The lowest BCUT2D eigenvalue weighted by Gasteiger charge is -2.15. The van der Waals surface area contributed by atoms with Crippen molar-refractivity contribution in [3.63, 3.8) is 0 Å². The van der Waals surface area contributed by atoms with Crippen molar-refractivity contribution < 1.29 is 29.6 Å². The first-order valence-corrected chi connectivity index (χ1v) is 7.09. The molecule has 0 heterocycles. The molecule has 0 saturated carbocycles.